The van der Waals surface area contributed by atoms with Gasteiger partial charge < -0.3 is 24.7 Å². The first-order valence-corrected chi connectivity index (χ1v) is 14.0. The third-order valence-corrected chi connectivity index (χ3v) is 7.97. The Labute approximate surface area is 220 Å². The van der Waals surface area contributed by atoms with Crippen LogP contribution in [0.4, 0.5) is 14.9 Å². The van der Waals surface area contributed by atoms with E-state index in [-0.39, 0.29) is 16.7 Å². The molecular weight excluding hydrogens is 509 g/mol. The maximum Gasteiger partial charge on any atom is 0.404 e. The molecule has 8 nitrogen and oxygen atoms in total. The van der Waals surface area contributed by atoms with Crippen molar-refractivity contribution in [3.8, 4) is 22.7 Å². The average Bonchev–Trinajstić information content (AvgIpc) is 3.27. The Bertz CT molecular complexity index is 1610. The van der Waals surface area contributed by atoms with Crippen molar-refractivity contribution in [1.82, 2.24) is 4.57 Å². The molecule has 0 bridgehead atoms. The summed E-state index contributed by atoms with van der Waals surface area (Å²) < 4.78 is 50.9. The van der Waals surface area contributed by atoms with Crippen molar-refractivity contribution >= 4 is 32.5 Å². The quantitative estimate of drug-likeness (QED) is 0.375. The number of carbonyl (C=O) groups is 1. The number of sulfone groups is 1. The van der Waals surface area contributed by atoms with Crippen molar-refractivity contribution in [2.75, 3.05) is 31.4 Å². The summed E-state index contributed by atoms with van der Waals surface area (Å²) in [7, 11) is -1.93. The topological polar surface area (TPSA) is 104 Å². The Morgan fingerprint density at radius 3 is 2.26 bits per heavy atom. The summed E-state index contributed by atoms with van der Waals surface area (Å²) in [6.45, 7) is 1.43. The number of benzene rings is 3. The molecule has 2 N–H and O–H groups in total. The number of fused-ring (bicyclic) bond motifs is 1. The predicted octanol–water partition coefficient (Wildman–Crippen LogP) is 4.91. The van der Waals surface area contributed by atoms with Crippen LogP contribution in [-0.4, -0.2) is 51.6 Å². The normalized spacial score (nSPS) is 14.6. The van der Waals surface area contributed by atoms with Crippen LogP contribution in [0.15, 0.2) is 71.6 Å². The van der Waals surface area contributed by atoms with Gasteiger partial charge in [-0.15, -0.1) is 0 Å². The molecule has 0 unspecified atom stereocenters. The minimum atomic E-state index is -3.35. The third-order valence-electron chi connectivity index (χ3n) is 6.85. The van der Waals surface area contributed by atoms with Gasteiger partial charge in [0.15, 0.2) is 21.4 Å². The molecule has 1 aromatic heterocycles. The Kier molecular flexibility index (Phi) is 6.75. The van der Waals surface area contributed by atoms with E-state index in [1.165, 1.54) is 19.4 Å². The number of amides is 1. The lowest BCUT2D eigenvalue weighted by Crippen LogP contribution is -2.38. The maximum absolute atomic E-state index is 14.7. The zero-order valence-corrected chi connectivity index (χ0v) is 21.9. The number of ether oxygens (including phenoxy) is 2. The van der Waals surface area contributed by atoms with Gasteiger partial charge in [0.25, 0.3) is 0 Å². The highest BCUT2D eigenvalue weighted by molar-refractivity contribution is 7.90. The number of hydrogen-bond acceptors (Lipinski definition) is 6. The number of nitrogens with zero attached hydrogens (tertiary/aromatic N) is 2. The Morgan fingerprint density at radius 2 is 1.66 bits per heavy atom. The maximum atomic E-state index is 14.7. The zero-order chi connectivity index (χ0) is 27.0. The van der Waals surface area contributed by atoms with E-state index in [0.717, 1.165) is 28.0 Å². The van der Waals surface area contributed by atoms with Crippen molar-refractivity contribution in [3.05, 3.63) is 72.5 Å². The molecule has 1 amide bonds. The van der Waals surface area contributed by atoms with Gasteiger partial charge in [-0.2, -0.15) is 0 Å². The van der Waals surface area contributed by atoms with E-state index in [4.69, 9.17) is 15.2 Å². The Morgan fingerprint density at radius 1 is 0.974 bits per heavy atom. The lowest BCUT2D eigenvalue weighted by molar-refractivity contribution is 0.0912. The van der Waals surface area contributed by atoms with E-state index >= 15 is 0 Å². The SMILES string of the molecule is COc1ccc(-c2cc3cc(N4CCC(OC(N)=O)CC4)ccc3n2-c2ccc(S(C)(=O)=O)cc2)cc1F. The fourth-order valence-corrected chi connectivity index (χ4v) is 5.58. The van der Waals surface area contributed by atoms with Crippen molar-refractivity contribution in [3.63, 3.8) is 0 Å². The molecule has 38 heavy (non-hydrogen) atoms. The molecule has 1 aliphatic rings. The van der Waals surface area contributed by atoms with Crippen LogP contribution in [0, 0.1) is 5.82 Å². The molecule has 1 aliphatic heterocycles. The van der Waals surface area contributed by atoms with Crippen LogP contribution >= 0.6 is 0 Å². The number of halogens is 1. The van der Waals surface area contributed by atoms with Crippen LogP contribution in [0.3, 0.4) is 0 Å². The monoisotopic (exact) mass is 537 g/mol. The van der Waals surface area contributed by atoms with Gasteiger partial charge in [-0.05, 0) is 66.7 Å². The van der Waals surface area contributed by atoms with Crippen LogP contribution in [0.25, 0.3) is 27.8 Å². The predicted molar refractivity (Wildman–Crippen MR) is 144 cm³/mol. The summed E-state index contributed by atoms with van der Waals surface area (Å²) >= 11 is 0. The van der Waals surface area contributed by atoms with Gasteiger partial charge in [-0.25, -0.2) is 17.6 Å². The van der Waals surface area contributed by atoms with Crippen LogP contribution < -0.4 is 15.4 Å². The molecule has 0 spiro atoms. The molecule has 198 valence electrons. The summed E-state index contributed by atoms with van der Waals surface area (Å²) in [5, 5.41) is 0.941. The molecule has 0 aliphatic carbocycles. The highest BCUT2D eigenvalue weighted by Crippen LogP contribution is 2.36. The second kappa shape index (κ2) is 10.0. The molecule has 5 rings (SSSR count). The molecule has 2 heterocycles. The average molecular weight is 538 g/mol. The van der Waals surface area contributed by atoms with Gasteiger partial charge in [-0.3, -0.25) is 0 Å². The summed E-state index contributed by atoms with van der Waals surface area (Å²) in [4.78, 5) is 13.5. The standard InChI is InChI=1S/C28H28FN3O5S/c1-36-27-10-3-18(16-24(27)29)26-17-19-15-21(31-13-11-22(12-14-31)37-28(30)33)6-9-25(19)32(26)20-4-7-23(8-5-20)38(2,34)35/h3-10,15-17,22H,11-14H2,1-2H3,(H2,30,33). The number of rotatable bonds is 6. The molecular formula is C28H28FN3O5S. The third kappa shape index (κ3) is 5.04. The highest BCUT2D eigenvalue weighted by atomic mass is 32.2. The number of aromatic nitrogens is 1. The number of carbonyl (C=O) groups excluding carboxylic acids is 1. The lowest BCUT2D eigenvalue weighted by atomic mass is 10.1. The Balaban J connectivity index is 1.58. The molecule has 0 saturated carbocycles. The van der Waals surface area contributed by atoms with E-state index in [1.54, 1.807) is 36.4 Å². The Hall–Kier alpha value is -4.05. The minimum absolute atomic E-state index is 0.153. The first kappa shape index (κ1) is 25.6. The molecule has 0 radical (unpaired) electrons. The van der Waals surface area contributed by atoms with Gasteiger partial charge in [0.1, 0.15) is 6.10 Å². The van der Waals surface area contributed by atoms with E-state index < -0.39 is 21.7 Å². The summed E-state index contributed by atoms with van der Waals surface area (Å²) in [5.41, 5.74) is 9.22. The van der Waals surface area contributed by atoms with Gasteiger partial charge >= 0.3 is 6.09 Å². The lowest BCUT2D eigenvalue weighted by Gasteiger charge is -2.33. The molecule has 0 atom stereocenters. The number of primary amides is 1. The number of methoxy groups -OCH3 is 1. The fraction of sp³-hybridized carbons (Fsp3) is 0.250. The van der Waals surface area contributed by atoms with Crippen molar-refractivity contribution in [2.45, 2.75) is 23.8 Å². The van der Waals surface area contributed by atoms with Gasteiger partial charge in [-0.1, -0.05) is 0 Å². The zero-order valence-electron chi connectivity index (χ0n) is 21.1. The smallest absolute Gasteiger partial charge is 0.404 e. The summed E-state index contributed by atoms with van der Waals surface area (Å²) in [6.07, 6.45) is 1.61. The van der Waals surface area contributed by atoms with Gasteiger partial charge in [0.05, 0.1) is 23.2 Å². The first-order chi connectivity index (χ1) is 18.1. The number of hydrogen-bond donors (Lipinski definition) is 1. The number of nitrogens with two attached hydrogens (primary N) is 1. The van der Waals surface area contributed by atoms with Crippen LogP contribution in [-0.2, 0) is 14.6 Å². The van der Waals surface area contributed by atoms with Gasteiger partial charge in [0, 0.05) is 54.5 Å². The largest absolute Gasteiger partial charge is 0.494 e. The second-order valence-electron chi connectivity index (χ2n) is 9.35. The van der Waals surface area contributed by atoms with E-state index in [2.05, 4.69) is 11.0 Å². The molecule has 4 aromatic rings. The van der Waals surface area contributed by atoms with Crippen molar-refractivity contribution in [2.24, 2.45) is 5.73 Å². The van der Waals surface area contributed by atoms with Crippen LogP contribution in [0.2, 0.25) is 0 Å². The molecule has 1 fully saturated rings. The fourth-order valence-electron chi connectivity index (χ4n) is 4.95. The van der Waals surface area contributed by atoms with Crippen LogP contribution in [0.1, 0.15) is 12.8 Å². The summed E-state index contributed by atoms with van der Waals surface area (Å²) in [6, 6.07) is 19.5. The molecule has 3 aromatic carbocycles. The molecule has 1 saturated heterocycles. The number of anilines is 1. The van der Waals surface area contributed by atoms with Crippen LogP contribution in [0.5, 0.6) is 5.75 Å². The van der Waals surface area contributed by atoms with E-state index in [1.807, 2.05) is 22.8 Å². The highest BCUT2D eigenvalue weighted by Gasteiger charge is 2.23. The summed E-state index contributed by atoms with van der Waals surface area (Å²) in [5.74, 6) is -0.323. The second-order valence-corrected chi connectivity index (χ2v) is 11.4. The first-order valence-electron chi connectivity index (χ1n) is 12.1. The minimum Gasteiger partial charge on any atom is -0.494 e. The van der Waals surface area contributed by atoms with Crippen molar-refractivity contribution in [1.29, 1.82) is 0 Å². The van der Waals surface area contributed by atoms with E-state index in [0.29, 0.717) is 31.5 Å². The molecule has 10 heteroatoms. The van der Waals surface area contributed by atoms with E-state index in [9.17, 15) is 17.6 Å². The number of piperidine rings is 1. The van der Waals surface area contributed by atoms with Gasteiger partial charge in [0.2, 0.25) is 0 Å². The van der Waals surface area contributed by atoms with Crippen molar-refractivity contribution < 1.29 is 27.1 Å².